The minimum Gasteiger partial charge on any atom is -0.296 e. The molecule has 4 nitrogen and oxygen atoms in total. The predicted octanol–water partition coefficient (Wildman–Crippen LogP) is 1.53. The molecule has 0 fully saturated rings. The second kappa shape index (κ2) is 3.61. The first-order chi connectivity index (χ1) is 7.22. The Balaban J connectivity index is 2.53. The van der Waals surface area contributed by atoms with Gasteiger partial charge in [0.05, 0.1) is 11.4 Å². The summed E-state index contributed by atoms with van der Waals surface area (Å²) in [5, 5.41) is 7.57. The highest BCUT2D eigenvalue weighted by Gasteiger charge is 2.09. The van der Waals surface area contributed by atoms with Crippen LogP contribution >= 0.6 is 0 Å². The van der Waals surface area contributed by atoms with E-state index in [0.717, 1.165) is 0 Å². The molecule has 0 radical (unpaired) electrons. The number of aromatic nitrogens is 3. The third kappa shape index (κ3) is 1.63. The normalized spacial score (nSPS) is 10.3. The highest BCUT2D eigenvalue weighted by molar-refractivity contribution is 5.74. The van der Waals surface area contributed by atoms with Crippen molar-refractivity contribution in [2.75, 3.05) is 0 Å². The van der Waals surface area contributed by atoms with E-state index in [9.17, 15) is 9.18 Å². The van der Waals surface area contributed by atoms with Crippen molar-refractivity contribution in [3.05, 3.63) is 41.5 Å². The number of aryl methyl sites for hydroxylation is 1. The van der Waals surface area contributed by atoms with Crippen molar-refractivity contribution in [2.45, 2.75) is 6.92 Å². The molecule has 0 atom stereocenters. The van der Waals surface area contributed by atoms with E-state index in [4.69, 9.17) is 0 Å². The highest BCUT2D eigenvalue weighted by atomic mass is 19.1. The molecule has 5 heteroatoms. The molecule has 15 heavy (non-hydrogen) atoms. The van der Waals surface area contributed by atoms with Gasteiger partial charge in [-0.15, -0.1) is 5.10 Å². The van der Waals surface area contributed by atoms with Crippen LogP contribution in [0, 0.1) is 12.7 Å². The van der Waals surface area contributed by atoms with Gasteiger partial charge in [0.2, 0.25) is 0 Å². The predicted molar refractivity (Wildman–Crippen MR) is 51.4 cm³/mol. The molecule has 0 saturated heterocycles. The fourth-order valence-corrected chi connectivity index (χ4v) is 1.27. The number of carbonyl (C=O) groups is 1. The summed E-state index contributed by atoms with van der Waals surface area (Å²) in [7, 11) is 0. The van der Waals surface area contributed by atoms with Crippen LogP contribution in [0.2, 0.25) is 0 Å². The lowest BCUT2D eigenvalue weighted by atomic mass is 10.3. The van der Waals surface area contributed by atoms with E-state index in [-0.39, 0.29) is 5.82 Å². The lowest BCUT2D eigenvalue weighted by molar-refractivity contribution is 0.111. The zero-order valence-electron chi connectivity index (χ0n) is 8.01. The van der Waals surface area contributed by atoms with Crippen molar-refractivity contribution in [1.82, 2.24) is 15.0 Å². The Morgan fingerprint density at radius 2 is 2.00 bits per heavy atom. The molecule has 0 N–H and O–H groups in total. The largest absolute Gasteiger partial charge is 0.296 e. The average Bonchev–Trinajstić information content (AvgIpc) is 2.61. The SMILES string of the molecule is Cc1nnn(-c2ccc(F)cc2)c1C=O. The summed E-state index contributed by atoms with van der Waals surface area (Å²) in [6, 6.07) is 5.69. The molecular formula is C10H8FN3O. The number of aldehydes is 1. The average molecular weight is 205 g/mol. The Kier molecular flexibility index (Phi) is 2.29. The number of hydrogen-bond donors (Lipinski definition) is 0. The van der Waals surface area contributed by atoms with Crippen LogP contribution in [0.15, 0.2) is 24.3 Å². The molecule has 0 spiro atoms. The summed E-state index contributed by atoms with van der Waals surface area (Å²) < 4.78 is 14.1. The molecule has 2 rings (SSSR count). The molecule has 76 valence electrons. The van der Waals surface area contributed by atoms with Crippen LogP contribution in [-0.4, -0.2) is 21.3 Å². The van der Waals surface area contributed by atoms with E-state index in [1.165, 1.54) is 28.9 Å². The number of carbonyl (C=O) groups excluding carboxylic acids is 1. The molecule has 1 aromatic carbocycles. The van der Waals surface area contributed by atoms with E-state index in [2.05, 4.69) is 10.3 Å². The molecule has 0 bridgehead atoms. The number of nitrogens with zero attached hydrogens (tertiary/aromatic N) is 3. The van der Waals surface area contributed by atoms with Crippen molar-refractivity contribution in [3.8, 4) is 5.69 Å². The topological polar surface area (TPSA) is 47.8 Å². The van der Waals surface area contributed by atoms with E-state index < -0.39 is 0 Å². The fraction of sp³-hybridized carbons (Fsp3) is 0.100. The molecule has 0 aliphatic heterocycles. The second-order valence-corrected chi connectivity index (χ2v) is 3.07. The zero-order valence-corrected chi connectivity index (χ0v) is 8.01. The van der Waals surface area contributed by atoms with Gasteiger partial charge in [0.25, 0.3) is 0 Å². The maximum atomic E-state index is 12.7. The Hall–Kier alpha value is -2.04. The van der Waals surface area contributed by atoms with Gasteiger partial charge in [-0.2, -0.15) is 0 Å². The van der Waals surface area contributed by atoms with Gasteiger partial charge in [0.1, 0.15) is 11.5 Å². The summed E-state index contributed by atoms with van der Waals surface area (Å²) >= 11 is 0. The molecule has 1 aromatic heterocycles. The van der Waals surface area contributed by atoms with Crippen molar-refractivity contribution in [2.24, 2.45) is 0 Å². The van der Waals surface area contributed by atoms with Gasteiger partial charge in [-0.3, -0.25) is 4.79 Å². The van der Waals surface area contributed by atoms with E-state index in [0.29, 0.717) is 23.4 Å². The molecule has 0 aliphatic carbocycles. The Labute approximate surface area is 85.3 Å². The Bertz CT molecular complexity index is 490. The van der Waals surface area contributed by atoms with Crippen LogP contribution < -0.4 is 0 Å². The van der Waals surface area contributed by atoms with Gasteiger partial charge in [-0.25, -0.2) is 9.07 Å². The number of benzene rings is 1. The van der Waals surface area contributed by atoms with Gasteiger partial charge in [-0.05, 0) is 31.2 Å². The van der Waals surface area contributed by atoms with Crippen LogP contribution in [0.5, 0.6) is 0 Å². The van der Waals surface area contributed by atoms with Crippen molar-refractivity contribution in [1.29, 1.82) is 0 Å². The van der Waals surface area contributed by atoms with Crippen molar-refractivity contribution >= 4 is 6.29 Å². The van der Waals surface area contributed by atoms with E-state index >= 15 is 0 Å². The monoisotopic (exact) mass is 205 g/mol. The Morgan fingerprint density at radius 1 is 1.33 bits per heavy atom. The van der Waals surface area contributed by atoms with Gasteiger partial charge >= 0.3 is 0 Å². The smallest absolute Gasteiger partial charge is 0.170 e. The van der Waals surface area contributed by atoms with E-state index in [1.807, 2.05) is 0 Å². The van der Waals surface area contributed by atoms with Crippen LogP contribution in [0.4, 0.5) is 4.39 Å². The standard InChI is InChI=1S/C10H8FN3O/c1-7-10(6-15)14(13-12-7)9-4-2-8(11)3-5-9/h2-6H,1H3. The fourth-order valence-electron chi connectivity index (χ4n) is 1.27. The van der Waals surface area contributed by atoms with Crippen LogP contribution in [0.1, 0.15) is 16.2 Å². The summed E-state index contributed by atoms with van der Waals surface area (Å²) in [5.41, 5.74) is 1.54. The summed E-state index contributed by atoms with van der Waals surface area (Å²) in [4.78, 5) is 10.8. The Morgan fingerprint density at radius 3 is 2.60 bits per heavy atom. The maximum absolute atomic E-state index is 12.7. The number of hydrogen-bond acceptors (Lipinski definition) is 3. The molecular weight excluding hydrogens is 197 g/mol. The van der Waals surface area contributed by atoms with Gasteiger partial charge in [-0.1, -0.05) is 5.21 Å². The summed E-state index contributed by atoms with van der Waals surface area (Å²) in [6.07, 6.45) is 0.679. The summed E-state index contributed by atoms with van der Waals surface area (Å²) in [5.74, 6) is -0.330. The van der Waals surface area contributed by atoms with Crippen LogP contribution in [0.25, 0.3) is 5.69 Å². The molecule has 2 aromatic rings. The highest BCUT2D eigenvalue weighted by Crippen LogP contribution is 2.11. The third-order valence-electron chi connectivity index (χ3n) is 2.07. The van der Waals surface area contributed by atoms with Gasteiger partial charge < -0.3 is 0 Å². The molecule has 1 heterocycles. The first-order valence-electron chi connectivity index (χ1n) is 4.36. The molecule has 0 amide bonds. The maximum Gasteiger partial charge on any atom is 0.170 e. The number of halogens is 1. The quantitative estimate of drug-likeness (QED) is 0.698. The van der Waals surface area contributed by atoms with E-state index in [1.54, 1.807) is 6.92 Å². The first kappa shape index (κ1) is 9.51. The minimum atomic E-state index is -0.330. The lowest BCUT2D eigenvalue weighted by Gasteiger charge is -2.01. The molecule has 0 saturated carbocycles. The minimum absolute atomic E-state index is 0.330. The van der Waals surface area contributed by atoms with Gasteiger partial charge in [0.15, 0.2) is 6.29 Å². The van der Waals surface area contributed by atoms with Crippen molar-refractivity contribution in [3.63, 3.8) is 0 Å². The van der Waals surface area contributed by atoms with Crippen LogP contribution in [0.3, 0.4) is 0 Å². The van der Waals surface area contributed by atoms with Crippen LogP contribution in [-0.2, 0) is 0 Å². The third-order valence-corrected chi connectivity index (χ3v) is 2.07. The molecule has 0 aliphatic rings. The lowest BCUT2D eigenvalue weighted by Crippen LogP contribution is -2.01. The molecule has 0 unspecified atom stereocenters. The second-order valence-electron chi connectivity index (χ2n) is 3.07. The first-order valence-corrected chi connectivity index (χ1v) is 4.36. The van der Waals surface area contributed by atoms with Gasteiger partial charge in [0, 0.05) is 0 Å². The number of rotatable bonds is 2. The van der Waals surface area contributed by atoms with Crippen molar-refractivity contribution < 1.29 is 9.18 Å². The summed E-state index contributed by atoms with van der Waals surface area (Å²) in [6.45, 7) is 1.69. The zero-order chi connectivity index (χ0) is 10.8.